The molecule has 5 heteroatoms. The third kappa shape index (κ3) is 2.28. The summed E-state index contributed by atoms with van der Waals surface area (Å²) in [4.78, 5) is 0. The normalized spacial score (nSPS) is 11.8. The summed E-state index contributed by atoms with van der Waals surface area (Å²) < 4.78 is 6.29. The van der Waals surface area contributed by atoms with E-state index < -0.39 is 18.4 Å². The molecule has 0 amide bonds. The number of thiophene rings is 4. The van der Waals surface area contributed by atoms with Gasteiger partial charge in [0.2, 0.25) is 0 Å². The monoisotopic (exact) mass is 452 g/mol. The van der Waals surface area contributed by atoms with Crippen molar-refractivity contribution in [2.45, 2.75) is 0 Å². The van der Waals surface area contributed by atoms with E-state index in [1.165, 1.54) is 0 Å². The predicted octanol–water partition coefficient (Wildman–Crippen LogP) is 3.31. The summed E-state index contributed by atoms with van der Waals surface area (Å²) in [5.74, 6) is 0. The van der Waals surface area contributed by atoms with Crippen LogP contribution in [0.25, 0.3) is 0 Å². The molecular formula is C16H12S4Sn. The summed E-state index contributed by atoms with van der Waals surface area (Å²) in [7, 11) is 0. The minimum absolute atomic E-state index is 1.57. The molecule has 0 saturated heterocycles. The van der Waals surface area contributed by atoms with Crippen LogP contribution < -0.4 is 14.3 Å². The van der Waals surface area contributed by atoms with E-state index in [0.29, 0.717) is 0 Å². The van der Waals surface area contributed by atoms with Crippen LogP contribution in [0.2, 0.25) is 0 Å². The first-order valence-electron chi connectivity index (χ1n) is 6.53. The van der Waals surface area contributed by atoms with Gasteiger partial charge in [-0.3, -0.25) is 0 Å². The number of hydrogen-bond donors (Lipinski definition) is 0. The average molecular weight is 451 g/mol. The molecule has 4 heterocycles. The van der Waals surface area contributed by atoms with Crippen LogP contribution >= 0.6 is 45.3 Å². The Bertz CT molecular complexity index is 638. The van der Waals surface area contributed by atoms with Crippen LogP contribution in [0.3, 0.4) is 0 Å². The van der Waals surface area contributed by atoms with Crippen molar-refractivity contribution in [1.29, 1.82) is 0 Å². The molecule has 0 aromatic carbocycles. The van der Waals surface area contributed by atoms with Gasteiger partial charge in [-0.05, 0) is 0 Å². The van der Waals surface area contributed by atoms with Gasteiger partial charge < -0.3 is 0 Å². The fourth-order valence-corrected chi connectivity index (χ4v) is 25.0. The van der Waals surface area contributed by atoms with Gasteiger partial charge in [0.15, 0.2) is 0 Å². The van der Waals surface area contributed by atoms with Gasteiger partial charge in [-0.2, -0.15) is 0 Å². The van der Waals surface area contributed by atoms with E-state index in [1.54, 1.807) is 14.3 Å². The molecule has 0 aliphatic heterocycles. The summed E-state index contributed by atoms with van der Waals surface area (Å²) in [5.41, 5.74) is 0. The quantitative estimate of drug-likeness (QED) is 0.418. The van der Waals surface area contributed by atoms with Crippen LogP contribution in [-0.2, 0) is 0 Å². The number of hydrogen-bond acceptors (Lipinski definition) is 4. The Kier molecular flexibility index (Phi) is 4.06. The molecule has 0 bridgehead atoms. The maximum absolute atomic E-state index is 3.01. The van der Waals surface area contributed by atoms with Crippen molar-refractivity contribution >= 4 is 78.0 Å². The zero-order valence-corrected chi connectivity index (χ0v) is 17.2. The van der Waals surface area contributed by atoms with E-state index in [4.69, 9.17) is 0 Å². The van der Waals surface area contributed by atoms with Crippen molar-refractivity contribution in [3.8, 4) is 0 Å². The summed E-state index contributed by atoms with van der Waals surface area (Å²) in [6, 6.07) is 9.42. The Morgan fingerprint density at radius 1 is 0.476 bits per heavy atom. The number of rotatable bonds is 4. The van der Waals surface area contributed by atoms with E-state index in [0.717, 1.165) is 0 Å². The average Bonchev–Trinajstić information content (AvgIpc) is 3.32. The Morgan fingerprint density at radius 3 is 0.952 bits per heavy atom. The van der Waals surface area contributed by atoms with Gasteiger partial charge in [-0.25, -0.2) is 0 Å². The van der Waals surface area contributed by atoms with E-state index in [-0.39, 0.29) is 0 Å². The third-order valence-electron chi connectivity index (χ3n) is 3.82. The van der Waals surface area contributed by atoms with Crippen LogP contribution in [0.15, 0.2) is 67.3 Å². The van der Waals surface area contributed by atoms with E-state index in [9.17, 15) is 0 Å². The Labute approximate surface area is 144 Å². The van der Waals surface area contributed by atoms with Gasteiger partial charge >= 0.3 is 145 Å². The third-order valence-corrected chi connectivity index (χ3v) is 22.4. The van der Waals surface area contributed by atoms with E-state index in [1.807, 2.05) is 45.3 Å². The molecule has 4 aromatic heterocycles. The zero-order valence-electron chi connectivity index (χ0n) is 11.1. The molecule has 0 nitrogen and oxygen atoms in total. The van der Waals surface area contributed by atoms with Crippen LogP contribution in [0, 0.1) is 0 Å². The van der Waals surface area contributed by atoms with Crippen molar-refractivity contribution in [3.05, 3.63) is 67.3 Å². The Hall–Kier alpha value is -0.401. The molecule has 0 unspecified atom stereocenters. The summed E-state index contributed by atoms with van der Waals surface area (Å²) >= 11 is 4.27. The van der Waals surface area contributed by atoms with Crippen LogP contribution in [0.5, 0.6) is 0 Å². The molecule has 0 fully saturated rings. The molecule has 0 aliphatic rings. The molecule has 0 saturated carbocycles. The standard InChI is InChI=1S/4C4H3S.Sn/c4*1-2-4-5-3-1;/h4*1,3-4H;. The van der Waals surface area contributed by atoms with E-state index in [2.05, 4.69) is 67.3 Å². The van der Waals surface area contributed by atoms with Gasteiger partial charge in [-0.1, -0.05) is 0 Å². The summed E-state index contributed by atoms with van der Waals surface area (Å²) in [6.45, 7) is 0. The second kappa shape index (κ2) is 6.01. The second-order valence-electron chi connectivity index (χ2n) is 4.80. The molecule has 4 rings (SSSR count). The molecule has 0 N–H and O–H groups in total. The Balaban J connectivity index is 2.10. The second-order valence-corrected chi connectivity index (χ2v) is 18.8. The van der Waals surface area contributed by atoms with Gasteiger partial charge in [0, 0.05) is 0 Å². The van der Waals surface area contributed by atoms with Crippen molar-refractivity contribution in [1.82, 2.24) is 0 Å². The molecule has 0 atom stereocenters. The van der Waals surface area contributed by atoms with Crippen molar-refractivity contribution in [2.24, 2.45) is 0 Å². The first-order chi connectivity index (χ1) is 10.4. The van der Waals surface area contributed by atoms with Crippen molar-refractivity contribution in [2.75, 3.05) is 0 Å². The molecule has 104 valence electrons. The van der Waals surface area contributed by atoms with Gasteiger partial charge in [0.05, 0.1) is 0 Å². The fourth-order valence-electron chi connectivity index (χ4n) is 2.91. The van der Waals surface area contributed by atoms with Gasteiger partial charge in [0.25, 0.3) is 0 Å². The van der Waals surface area contributed by atoms with Crippen LogP contribution in [0.4, 0.5) is 0 Å². The van der Waals surface area contributed by atoms with E-state index >= 15 is 0 Å². The topological polar surface area (TPSA) is 0 Å². The maximum atomic E-state index is 2.38. The molecule has 0 aliphatic carbocycles. The minimum atomic E-state index is -3.01. The zero-order chi connectivity index (χ0) is 14.1. The molecular weight excluding hydrogens is 439 g/mol. The fraction of sp³-hybridized carbons (Fsp3) is 0. The van der Waals surface area contributed by atoms with Gasteiger partial charge in [0.1, 0.15) is 0 Å². The Morgan fingerprint density at radius 2 is 0.762 bits per heavy atom. The molecule has 21 heavy (non-hydrogen) atoms. The first-order valence-corrected chi connectivity index (χ1v) is 16.0. The van der Waals surface area contributed by atoms with Crippen LogP contribution in [-0.4, -0.2) is 18.4 Å². The molecule has 0 radical (unpaired) electrons. The van der Waals surface area contributed by atoms with Crippen LogP contribution in [0.1, 0.15) is 0 Å². The van der Waals surface area contributed by atoms with Crippen molar-refractivity contribution < 1.29 is 0 Å². The first kappa shape index (κ1) is 14.2. The SMILES string of the molecule is c1c[c]([Sn]([c]2ccsc2)([c]2ccsc2)[c]2ccsc2)cs1. The molecule has 0 spiro atoms. The predicted molar refractivity (Wildman–Crippen MR) is 102 cm³/mol. The van der Waals surface area contributed by atoms with Gasteiger partial charge in [-0.15, -0.1) is 0 Å². The molecule has 4 aromatic rings. The van der Waals surface area contributed by atoms with Crippen molar-refractivity contribution in [3.63, 3.8) is 0 Å². The summed E-state index contributed by atoms with van der Waals surface area (Å²) in [6.07, 6.45) is 0. The summed E-state index contributed by atoms with van der Waals surface area (Å²) in [5, 5.41) is 18.4.